The number of hydrogen-bond donors (Lipinski definition) is 1. The number of nitrogens with zero attached hydrogens (tertiary/aromatic N) is 3. The van der Waals surface area contributed by atoms with Crippen LogP contribution < -0.4 is 10.5 Å². The van der Waals surface area contributed by atoms with Gasteiger partial charge < -0.3 is 24.2 Å². The largest absolute Gasteiger partial charge is 0.481 e. The van der Waals surface area contributed by atoms with Crippen molar-refractivity contribution in [3.63, 3.8) is 0 Å². The van der Waals surface area contributed by atoms with Gasteiger partial charge in [0.2, 0.25) is 0 Å². The Labute approximate surface area is 191 Å². The van der Waals surface area contributed by atoms with Crippen molar-refractivity contribution in [3.8, 4) is 0 Å². The molecule has 1 aromatic rings. The van der Waals surface area contributed by atoms with Gasteiger partial charge in [-0.2, -0.15) is 18.3 Å². The highest BCUT2D eigenvalue weighted by Crippen LogP contribution is 2.37. The number of aliphatic carboxylic acids is 1. The van der Waals surface area contributed by atoms with E-state index in [1.807, 2.05) is 0 Å². The summed E-state index contributed by atoms with van der Waals surface area (Å²) < 4.78 is 58.7. The van der Waals surface area contributed by atoms with E-state index in [-0.39, 0.29) is 44.7 Å². The second-order valence-corrected chi connectivity index (χ2v) is 14.8. The first kappa shape index (κ1) is 27.3. The van der Waals surface area contributed by atoms with Gasteiger partial charge in [-0.15, -0.1) is 0 Å². The molecule has 0 amide bonds. The predicted molar refractivity (Wildman–Crippen MR) is 117 cm³/mol. The van der Waals surface area contributed by atoms with Gasteiger partial charge in [-0.05, 0) is 12.5 Å². The lowest BCUT2D eigenvalue weighted by Gasteiger charge is -2.28. The van der Waals surface area contributed by atoms with Crippen molar-refractivity contribution in [1.29, 1.82) is 0 Å². The molecule has 13 heteroatoms. The van der Waals surface area contributed by atoms with Gasteiger partial charge >= 0.3 is 12.1 Å². The fraction of sp³-hybridized carbons (Fsp3) is 0.750. The van der Waals surface area contributed by atoms with Crippen LogP contribution in [0, 0.1) is 0 Å². The summed E-state index contributed by atoms with van der Waals surface area (Å²) in [5.41, 5.74) is -2.95. The first-order valence-corrected chi connectivity index (χ1v) is 14.4. The molecule has 1 N–H and O–H groups in total. The molecule has 2 heterocycles. The number of aromatic nitrogens is 2. The van der Waals surface area contributed by atoms with E-state index < -0.39 is 37.4 Å². The molecule has 1 aliphatic rings. The lowest BCUT2D eigenvalue weighted by molar-refractivity contribution is -0.139. The Morgan fingerprint density at radius 2 is 1.97 bits per heavy atom. The van der Waals surface area contributed by atoms with Gasteiger partial charge in [0.05, 0.1) is 43.7 Å². The standard InChI is InChI=1S/C20H32F3N3O6Si/c1-30-15-9-14(12-31-6-5-17(27)28)25(11-15)16-10-24-26(13-32-7-8-33(2,3)4)19(29)18(16)20(21,22)23/h10,14-15H,5-9,11-13H2,1-4H3,(H,27,28)/t14-,15-/m0/s1. The van der Waals surface area contributed by atoms with Crippen LogP contribution in [-0.2, 0) is 31.9 Å². The molecule has 1 aromatic heterocycles. The number of anilines is 1. The molecule has 0 aromatic carbocycles. The minimum absolute atomic E-state index is 0.00662. The molecule has 2 atom stereocenters. The van der Waals surface area contributed by atoms with Crippen molar-refractivity contribution in [1.82, 2.24) is 9.78 Å². The molecule has 0 aliphatic carbocycles. The van der Waals surface area contributed by atoms with Gasteiger partial charge in [-0.3, -0.25) is 9.59 Å². The molecule has 0 spiro atoms. The molecule has 33 heavy (non-hydrogen) atoms. The van der Waals surface area contributed by atoms with Crippen LogP contribution in [0.25, 0.3) is 0 Å². The van der Waals surface area contributed by atoms with Crippen LogP contribution in [0.5, 0.6) is 0 Å². The highest BCUT2D eigenvalue weighted by atomic mass is 28.3. The number of halogens is 3. The molecular formula is C20H32F3N3O6Si. The van der Waals surface area contributed by atoms with E-state index in [0.29, 0.717) is 17.7 Å². The summed E-state index contributed by atoms with van der Waals surface area (Å²) in [5, 5.41) is 12.7. The van der Waals surface area contributed by atoms with Crippen molar-refractivity contribution in [3.05, 3.63) is 22.1 Å². The fourth-order valence-corrected chi connectivity index (χ4v) is 4.22. The van der Waals surface area contributed by atoms with Gasteiger partial charge in [0.25, 0.3) is 5.56 Å². The summed E-state index contributed by atoms with van der Waals surface area (Å²) in [4.78, 5) is 24.8. The number of carboxylic acid groups (broad SMARTS) is 1. The van der Waals surface area contributed by atoms with Crippen molar-refractivity contribution in [2.24, 2.45) is 0 Å². The first-order chi connectivity index (χ1) is 15.3. The van der Waals surface area contributed by atoms with Crippen LogP contribution in [0.2, 0.25) is 25.7 Å². The molecule has 0 bridgehead atoms. The number of methoxy groups -OCH3 is 1. The first-order valence-electron chi connectivity index (χ1n) is 10.7. The second kappa shape index (κ2) is 11.4. The molecule has 0 saturated carbocycles. The zero-order valence-corrected chi connectivity index (χ0v) is 20.4. The highest BCUT2D eigenvalue weighted by Gasteiger charge is 2.43. The fourth-order valence-electron chi connectivity index (χ4n) is 3.46. The third-order valence-electron chi connectivity index (χ3n) is 5.31. The Hall–Kier alpha value is -1.96. The summed E-state index contributed by atoms with van der Waals surface area (Å²) in [6.45, 7) is 6.43. The minimum atomic E-state index is -4.91. The van der Waals surface area contributed by atoms with Crippen LogP contribution in [0.1, 0.15) is 18.4 Å². The maximum Gasteiger partial charge on any atom is 0.423 e. The Kier molecular flexibility index (Phi) is 9.46. The van der Waals surface area contributed by atoms with E-state index in [9.17, 15) is 22.8 Å². The van der Waals surface area contributed by atoms with Crippen molar-refractivity contribution in [2.75, 3.05) is 38.4 Å². The summed E-state index contributed by atoms with van der Waals surface area (Å²) in [6.07, 6.45) is -4.11. The summed E-state index contributed by atoms with van der Waals surface area (Å²) in [6, 6.07) is 0.275. The number of carbonyl (C=O) groups is 1. The Morgan fingerprint density at radius 3 is 2.55 bits per heavy atom. The van der Waals surface area contributed by atoms with Crippen LogP contribution in [0.3, 0.4) is 0 Å². The maximum atomic E-state index is 14.0. The summed E-state index contributed by atoms with van der Waals surface area (Å²) >= 11 is 0. The normalized spacial score (nSPS) is 19.3. The minimum Gasteiger partial charge on any atom is -0.481 e. The molecule has 0 radical (unpaired) electrons. The molecule has 1 aliphatic heterocycles. The Bertz CT molecular complexity index is 859. The van der Waals surface area contributed by atoms with Gasteiger partial charge in [-0.1, -0.05) is 19.6 Å². The molecule has 0 unspecified atom stereocenters. The highest BCUT2D eigenvalue weighted by molar-refractivity contribution is 6.76. The topological polar surface area (TPSA) is 103 Å². The van der Waals surface area contributed by atoms with Crippen LogP contribution in [0.4, 0.5) is 18.9 Å². The second-order valence-electron chi connectivity index (χ2n) is 9.17. The lowest BCUT2D eigenvalue weighted by Crippen LogP contribution is -2.39. The number of carboxylic acids is 1. The predicted octanol–water partition coefficient (Wildman–Crippen LogP) is 2.66. The number of rotatable bonds is 12. The van der Waals surface area contributed by atoms with Gasteiger partial charge in [0.15, 0.2) is 0 Å². The molecule has 1 saturated heterocycles. The van der Waals surface area contributed by atoms with Crippen molar-refractivity contribution >= 4 is 19.7 Å². The zero-order chi connectivity index (χ0) is 24.8. The van der Waals surface area contributed by atoms with E-state index in [4.69, 9.17) is 19.3 Å². The summed E-state index contributed by atoms with van der Waals surface area (Å²) in [7, 11) is 0.0629. The quantitative estimate of drug-likeness (QED) is 0.349. The average Bonchev–Trinajstić information content (AvgIpc) is 3.10. The molecule has 1 fully saturated rings. The third kappa shape index (κ3) is 8.09. The van der Waals surface area contributed by atoms with Crippen LogP contribution in [-0.4, -0.2) is 74.6 Å². The molecule has 9 nitrogen and oxygen atoms in total. The van der Waals surface area contributed by atoms with E-state index >= 15 is 0 Å². The van der Waals surface area contributed by atoms with Crippen molar-refractivity contribution in [2.45, 2.75) is 63.6 Å². The van der Waals surface area contributed by atoms with Gasteiger partial charge in [0.1, 0.15) is 12.3 Å². The summed E-state index contributed by atoms with van der Waals surface area (Å²) in [5.74, 6) is -1.03. The third-order valence-corrected chi connectivity index (χ3v) is 7.01. The smallest absolute Gasteiger partial charge is 0.423 e. The monoisotopic (exact) mass is 495 g/mol. The number of hydrogen-bond acceptors (Lipinski definition) is 7. The van der Waals surface area contributed by atoms with Gasteiger partial charge in [-0.25, -0.2) is 4.68 Å². The van der Waals surface area contributed by atoms with Crippen LogP contribution >= 0.6 is 0 Å². The van der Waals surface area contributed by atoms with E-state index in [1.165, 1.54) is 12.0 Å². The molecular weight excluding hydrogens is 463 g/mol. The van der Waals surface area contributed by atoms with E-state index in [1.54, 1.807) is 0 Å². The molecule has 2 rings (SSSR count). The maximum absolute atomic E-state index is 14.0. The Balaban J connectivity index is 2.26. The zero-order valence-electron chi connectivity index (χ0n) is 19.4. The van der Waals surface area contributed by atoms with Crippen LogP contribution in [0.15, 0.2) is 11.0 Å². The number of alkyl halides is 3. The Morgan fingerprint density at radius 1 is 1.27 bits per heavy atom. The van der Waals surface area contributed by atoms with E-state index in [0.717, 1.165) is 12.2 Å². The lowest BCUT2D eigenvalue weighted by atomic mass is 10.2. The van der Waals surface area contributed by atoms with Crippen molar-refractivity contribution < 1.29 is 37.3 Å². The average molecular weight is 496 g/mol. The SMILES string of the molecule is CO[C@H]1C[C@@H](COCCC(=O)O)N(c2cnn(COCC[Si](C)(C)C)c(=O)c2C(F)(F)F)C1. The number of ether oxygens (including phenoxy) is 3. The molecule has 188 valence electrons. The van der Waals surface area contributed by atoms with Gasteiger partial charge in [0, 0.05) is 28.3 Å². The van der Waals surface area contributed by atoms with E-state index in [2.05, 4.69) is 24.7 Å².